The topological polar surface area (TPSA) is 29.9 Å². The summed E-state index contributed by atoms with van der Waals surface area (Å²) in [5.74, 6) is 2.70. The molecule has 0 bridgehead atoms. The van der Waals surface area contributed by atoms with E-state index in [0.29, 0.717) is 5.92 Å². The van der Waals surface area contributed by atoms with Gasteiger partial charge in [-0.15, -0.1) is 0 Å². The number of nitrogens with one attached hydrogen (secondary N) is 1. The number of anilines is 1. The highest BCUT2D eigenvalue weighted by molar-refractivity contribution is 7.97. The van der Waals surface area contributed by atoms with Gasteiger partial charge in [0, 0.05) is 17.9 Å². The van der Waals surface area contributed by atoms with Gasteiger partial charge in [-0.3, -0.25) is 0 Å². The first-order chi connectivity index (χ1) is 10.7. The summed E-state index contributed by atoms with van der Waals surface area (Å²) in [5, 5.41) is 8.60. The Bertz CT molecular complexity index is 646. The number of aromatic nitrogens is 2. The van der Waals surface area contributed by atoms with Gasteiger partial charge < -0.3 is 5.32 Å². The fourth-order valence-electron chi connectivity index (χ4n) is 3.17. The first-order valence-electron chi connectivity index (χ1n) is 8.15. The predicted molar refractivity (Wildman–Crippen MR) is 96.3 cm³/mol. The molecule has 0 amide bonds. The summed E-state index contributed by atoms with van der Waals surface area (Å²) in [4.78, 5) is 0. The van der Waals surface area contributed by atoms with Gasteiger partial charge in [-0.2, -0.15) is 16.9 Å². The van der Waals surface area contributed by atoms with Gasteiger partial charge in [0.15, 0.2) is 0 Å². The molecule has 1 aliphatic rings. The van der Waals surface area contributed by atoms with E-state index in [1.807, 2.05) is 11.8 Å². The third kappa shape index (κ3) is 2.89. The van der Waals surface area contributed by atoms with Crippen molar-refractivity contribution in [3.05, 3.63) is 41.1 Å². The van der Waals surface area contributed by atoms with Gasteiger partial charge in [-0.25, -0.2) is 4.68 Å². The molecule has 0 unspecified atom stereocenters. The van der Waals surface area contributed by atoms with Crippen LogP contribution >= 0.6 is 11.8 Å². The Morgan fingerprint density at radius 2 is 2.09 bits per heavy atom. The van der Waals surface area contributed by atoms with Crippen LogP contribution in [-0.2, 0) is 12.2 Å². The Balaban J connectivity index is 2.15. The van der Waals surface area contributed by atoms with Crippen molar-refractivity contribution in [2.75, 3.05) is 18.1 Å². The molecule has 3 rings (SSSR count). The summed E-state index contributed by atoms with van der Waals surface area (Å²) in [6.07, 6.45) is 5.78. The fraction of sp³-hybridized carbons (Fsp3) is 0.500. The van der Waals surface area contributed by atoms with Gasteiger partial charge in [0.05, 0.1) is 11.4 Å². The number of nitrogens with zero attached hydrogens (tertiary/aromatic N) is 2. The second kappa shape index (κ2) is 6.78. The molecule has 2 heterocycles. The van der Waals surface area contributed by atoms with Crippen molar-refractivity contribution >= 4 is 17.6 Å². The molecule has 4 heteroatoms. The third-order valence-corrected chi connectivity index (χ3v) is 4.84. The van der Waals surface area contributed by atoms with Crippen LogP contribution in [-0.4, -0.2) is 22.6 Å². The van der Waals surface area contributed by atoms with Crippen LogP contribution in [0.15, 0.2) is 24.3 Å². The van der Waals surface area contributed by atoms with Gasteiger partial charge in [0.1, 0.15) is 5.82 Å². The number of rotatable bonds is 4. The predicted octanol–water partition coefficient (Wildman–Crippen LogP) is 4.61. The van der Waals surface area contributed by atoms with Crippen LogP contribution in [0.25, 0.3) is 5.69 Å². The normalized spacial score (nSPS) is 14.5. The Hall–Kier alpha value is -1.42. The maximum absolute atomic E-state index is 4.97. The van der Waals surface area contributed by atoms with E-state index in [2.05, 4.69) is 54.4 Å². The van der Waals surface area contributed by atoms with Gasteiger partial charge >= 0.3 is 0 Å². The molecule has 0 atom stereocenters. The van der Waals surface area contributed by atoms with E-state index in [1.165, 1.54) is 41.2 Å². The van der Waals surface area contributed by atoms with Crippen molar-refractivity contribution in [3.63, 3.8) is 0 Å². The van der Waals surface area contributed by atoms with E-state index in [-0.39, 0.29) is 0 Å². The van der Waals surface area contributed by atoms with Crippen molar-refractivity contribution < 1.29 is 0 Å². The van der Waals surface area contributed by atoms with Gasteiger partial charge in [0.2, 0.25) is 0 Å². The molecule has 1 aromatic carbocycles. The van der Waals surface area contributed by atoms with Crippen molar-refractivity contribution in [1.29, 1.82) is 0 Å². The molecule has 1 aliphatic heterocycles. The molecule has 1 aromatic heterocycles. The molecule has 0 radical (unpaired) electrons. The zero-order valence-electron chi connectivity index (χ0n) is 13.7. The number of benzene rings is 1. The minimum atomic E-state index is 0.492. The second-order valence-corrected chi connectivity index (χ2v) is 7.08. The lowest BCUT2D eigenvalue weighted by Gasteiger charge is -2.15. The highest BCUT2D eigenvalue weighted by Gasteiger charge is 2.21. The Kier molecular flexibility index (Phi) is 4.77. The van der Waals surface area contributed by atoms with E-state index in [4.69, 9.17) is 5.10 Å². The average molecular weight is 315 g/mol. The SMILES string of the molecule is CSCc1nn(-c2ccccc2C(C)C)c2c1CCCCN2. The number of fused-ring (bicyclic) bond motifs is 1. The Morgan fingerprint density at radius 1 is 1.27 bits per heavy atom. The molecular weight excluding hydrogens is 290 g/mol. The average Bonchev–Trinajstić information content (AvgIpc) is 2.71. The van der Waals surface area contributed by atoms with Crippen LogP contribution in [0.1, 0.15) is 49.4 Å². The van der Waals surface area contributed by atoms with Crippen molar-refractivity contribution in [2.24, 2.45) is 0 Å². The molecule has 0 saturated heterocycles. The smallest absolute Gasteiger partial charge is 0.133 e. The van der Waals surface area contributed by atoms with Gasteiger partial charge in [-0.1, -0.05) is 32.0 Å². The molecule has 3 nitrogen and oxygen atoms in total. The number of para-hydroxylation sites is 1. The van der Waals surface area contributed by atoms with Crippen LogP contribution < -0.4 is 5.32 Å². The van der Waals surface area contributed by atoms with E-state index in [0.717, 1.165) is 18.7 Å². The van der Waals surface area contributed by atoms with Crippen LogP contribution in [0, 0.1) is 0 Å². The summed E-state index contributed by atoms with van der Waals surface area (Å²) in [7, 11) is 0. The van der Waals surface area contributed by atoms with Crippen LogP contribution in [0.5, 0.6) is 0 Å². The lowest BCUT2D eigenvalue weighted by molar-refractivity contribution is 0.766. The van der Waals surface area contributed by atoms with Crippen molar-refractivity contribution in [2.45, 2.75) is 44.8 Å². The summed E-state index contributed by atoms with van der Waals surface area (Å²) >= 11 is 1.85. The molecule has 118 valence electrons. The monoisotopic (exact) mass is 315 g/mol. The van der Waals surface area contributed by atoms with Crippen molar-refractivity contribution in [3.8, 4) is 5.69 Å². The summed E-state index contributed by atoms with van der Waals surface area (Å²) in [6.45, 7) is 5.54. The largest absolute Gasteiger partial charge is 0.370 e. The van der Waals surface area contributed by atoms with Crippen LogP contribution in [0.3, 0.4) is 0 Å². The quantitative estimate of drug-likeness (QED) is 0.893. The zero-order valence-corrected chi connectivity index (χ0v) is 14.5. The molecule has 2 aromatic rings. The van der Waals surface area contributed by atoms with Crippen molar-refractivity contribution in [1.82, 2.24) is 9.78 Å². The lowest BCUT2D eigenvalue weighted by Crippen LogP contribution is -2.09. The number of hydrogen-bond acceptors (Lipinski definition) is 3. The minimum Gasteiger partial charge on any atom is -0.370 e. The minimum absolute atomic E-state index is 0.492. The molecule has 22 heavy (non-hydrogen) atoms. The van der Waals surface area contributed by atoms with Gasteiger partial charge in [-0.05, 0) is 43.1 Å². The molecule has 0 fully saturated rings. The first kappa shape index (κ1) is 15.5. The lowest BCUT2D eigenvalue weighted by atomic mass is 10.0. The molecule has 1 N–H and O–H groups in total. The summed E-state index contributed by atoms with van der Waals surface area (Å²) in [5.41, 5.74) is 5.24. The highest BCUT2D eigenvalue weighted by atomic mass is 32.2. The molecule has 0 saturated carbocycles. The van der Waals surface area contributed by atoms with Gasteiger partial charge in [0.25, 0.3) is 0 Å². The van der Waals surface area contributed by atoms with E-state index >= 15 is 0 Å². The van der Waals surface area contributed by atoms with Crippen LogP contribution in [0.4, 0.5) is 5.82 Å². The maximum atomic E-state index is 4.97. The molecule has 0 aliphatic carbocycles. The Labute approximate surface area is 137 Å². The van der Waals surface area contributed by atoms with E-state index < -0.39 is 0 Å². The van der Waals surface area contributed by atoms with E-state index in [1.54, 1.807) is 0 Å². The maximum Gasteiger partial charge on any atom is 0.133 e. The van der Waals surface area contributed by atoms with Crippen LogP contribution in [0.2, 0.25) is 0 Å². The van der Waals surface area contributed by atoms with E-state index in [9.17, 15) is 0 Å². The second-order valence-electron chi connectivity index (χ2n) is 6.22. The Morgan fingerprint density at radius 3 is 2.86 bits per heavy atom. The fourth-order valence-corrected chi connectivity index (χ4v) is 3.67. The first-order valence-corrected chi connectivity index (χ1v) is 9.54. The zero-order chi connectivity index (χ0) is 15.5. The molecule has 0 spiro atoms. The summed E-state index contributed by atoms with van der Waals surface area (Å²) < 4.78 is 2.15. The highest BCUT2D eigenvalue weighted by Crippen LogP contribution is 2.32. The molecular formula is C18H25N3S. The third-order valence-electron chi connectivity index (χ3n) is 4.28. The number of hydrogen-bond donors (Lipinski definition) is 1. The summed E-state index contributed by atoms with van der Waals surface area (Å²) in [6, 6.07) is 8.65. The number of thioether (sulfide) groups is 1. The standard InChI is InChI=1S/C18H25N3S/c1-13(2)14-8-4-5-10-17(14)21-18-15(9-6-7-11-19-18)16(20-21)12-22-3/h4-5,8,10,13,19H,6-7,9,11-12H2,1-3H3.